The lowest BCUT2D eigenvalue weighted by atomic mass is 10.0. The van der Waals surface area contributed by atoms with Crippen molar-refractivity contribution in [3.8, 4) is 5.75 Å². The van der Waals surface area contributed by atoms with Crippen molar-refractivity contribution in [1.82, 2.24) is 10.3 Å². The molecule has 0 aliphatic rings. The van der Waals surface area contributed by atoms with Gasteiger partial charge in [0.25, 0.3) is 0 Å². The first-order valence-corrected chi connectivity index (χ1v) is 7.58. The van der Waals surface area contributed by atoms with Crippen molar-refractivity contribution in [2.45, 2.75) is 26.3 Å². The molecule has 0 bridgehead atoms. The molecule has 0 radical (unpaired) electrons. The Labute approximate surface area is 118 Å². The molecule has 3 nitrogen and oxygen atoms in total. The van der Waals surface area contributed by atoms with Crippen LogP contribution in [0.15, 0.2) is 36.0 Å². The van der Waals surface area contributed by atoms with Gasteiger partial charge in [0.1, 0.15) is 5.75 Å². The predicted octanol–water partition coefficient (Wildman–Crippen LogP) is 3.63. The molecule has 1 atom stereocenters. The third-order valence-corrected chi connectivity index (χ3v) is 3.68. The second-order valence-corrected chi connectivity index (χ2v) is 5.20. The van der Waals surface area contributed by atoms with Crippen LogP contribution in [0.25, 0.3) is 0 Å². The summed E-state index contributed by atoms with van der Waals surface area (Å²) >= 11 is 1.67. The highest BCUT2D eigenvalue weighted by Crippen LogP contribution is 2.31. The second kappa shape index (κ2) is 7.26. The van der Waals surface area contributed by atoms with Crippen LogP contribution in [0.5, 0.6) is 5.75 Å². The van der Waals surface area contributed by atoms with Crippen LogP contribution in [0.2, 0.25) is 0 Å². The van der Waals surface area contributed by atoms with Crippen LogP contribution in [0, 0.1) is 0 Å². The van der Waals surface area contributed by atoms with Crippen molar-refractivity contribution in [1.29, 1.82) is 0 Å². The molecule has 1 N–H and O–H groups in total. The van der Waals surface area contributed by atoms with Crippen LogP contribution in [-0.4, -0.2) is 18.1 Å². The smallest absolute Gasteiger partial charge is 0.124 e. The standard InChI is InChI=1S/C15H20N2OS/c1-3-9-18-13-8-6-5-7-12(13)15(17-4-2)14-10-16-11-19-14/h5-8,10-11,15,17H,3-4,9H2,1-2H3. The Balaban J connectivity index is 2.30. The Bertz CT molecular complexity index is 485. The Morgan fingerprint density at radius 1 is 1.32 bits per heavy atom. The number of thiazole rings is 1. The molecule has 0 amide bonds. The SMILES string of the molecule is CCCOc1ccccc1C(NCC)c1cncs1. The van der Waals surface area contributed by atoms with Gasteiger partial charge in [-0.25, -0.2) is 0 Å². The number of para-hydroxylation sites is 1. The van der Waals surface area contributed by atoms with Crippen LogP contribution in [-0.2, 0) is 0 Å². The fourth-order valence-corrected chi connectivity index (χ4v) is 2.71. The van der Waals surface area contributed by atoms with E-state index in [1.54, 1.807) is 11.3 Å². The monoisotopic (exact) mass is 276 g/mol. The van der Waals surface area contributed by atoms with Crippen LogP contribution >= 0.6 is 11.3 Å². The maximum atomic E-state index is 5.86. The zero-order valence-corrected chi connectivity index (χ0v) is 12.2. The first-order chi connectivity index (χ1) is 9.36. The number of benzene rings is 1. The lowest BCUT2D eigenvalue weighted by molar-refractivity contribution is 0.312. The fraction of sp³-hybridized carbons (Fsp3) is 0.400. The van der Waals surface area contributed by atoms with Crippen molar-refractivity contribution >= 4 is 11.3 Å². The number of nitrogens with zero attached hydrogens (tertiary/aromatic N) is 1. The molecule has 1 unspecified atom stereocenters. The molecule has 0 aliphatic heterocycles. The van der Waals surface area contributed by atoms with Gasteiger partial charge in [-0.3, -0.25) is 4.98 Å². The summed E-state index contributed by atoms with van der Waals surface area (Å²) in [6.45, 7) is 5.89. The highest BCUT2D eigenvalue weighted by Gasteiger charge is 2.18. The van der Waals surface area contributed by atoms with Gasteiger partial charge in [0.05, 0.1) is 18.2 Å². The molecule has 1 aromatic heterocycles. The summed E-state index contributed by atoms with van der Waals surface area (Å²) in [4.78, 5) is 5.40. The number of hydrogen-bond donors (Lipinski definition) is 1. The zero-order chi connectivity index (χ0) is 13.5. The minimum atomic E-state index is 0.158. The molecule has 2 aromatic rings. The summed E-state index contributed by atoms with van der Waals surface area (Å²) in [6.07, 6.45) is 2.94. The van der Waals surface area contributed by atoms with Crippen molar-refractivity contribution in [2.24, 2.45) is 0 Å². The van der Waals surface area contributed by atoms with Crippen LogP contribution in [0.3, 0.4) is 0 Å². The minimum Gasteiger partial charge on any atom is -0.493 e. The molecular formula is C15H20N2OS. The van der Waals surface area contributed by atoms with Gasteiger partial charge in [-0.05, 0) is 19.0 Å². The molecule has 2 rings (SSSR count). The normalized spacial score (nSPS) is 12.3. The third kappa shape index (κ3) is 3.55. The van der Waals surface area contributed by atoms with Gasteiger partial charge in [-0.2, -0.15) is 0 Å². The van der Waals surface area contributed by atoms with E-state index in [9.17, 15) is 0 Å². The van der Waals surface area contributed by atoms with Crippen molar-refractivity contribution in [3.63, 3.8) is 0 Å². The Kier molecular flexibility index (Phi) is 5.36. The fourth-order valence-electron chi connectivity index (χ4n) is 2.00. The molecule has 0 saturated heterocycles. The summed E-state index contributed by atoms with van der Waals surface area (Å²) in [5, 5.41) is 3.51. The van der Waals surface area contributed by atoms with Gasteiger partial charge in [-0.15, -0.1) is 11.3 Å². The van der Waals surface area contributed by atoms with E-state index in [4.69, 9.17) is 4.74 Å². The van der Waals surface area contributed by atoms with E-state index >= 15 is 0 Å². The maximum Gasteiger partial charge on any atom is 0.124 e. The van der Waals surface area contributed by atoms with E-state index in [1.165, 1.54) is 10.4 Å². The molecule has 0 aliphatic carbocycles. The highest BCUT2D eigenvalue weighted by molar-refractivity contribution is 7.09. The number of aromatic nitrogens is 1. The van der Waals surface area contributed by atoms with Crippen LogP contribution in [0.1, 0.15) is 36.8 Å². The Morgan fingerprint density at radius 2 is 2.16 bits per heavy atom. The van der Waals surface area contributed by atoms with E-state index in [0.717, 1.165) is 25.3 Å². The van der Waals surface area contributed by atoms with Gasteiger partial charge < -0.3 is 10.1 Å². The topological polar surface area (TPSA) is 34.1 Å². The van der Waals surface area contributed by atoms with E-state index < -0.39 is 0 Å². The molecule has 4 heteroatoms. The highest BCUT2D eigenvalue weighted by atomic mass is 32.1. The second-order valence-electron chi connectivity index (χ2n) is 4.28. The van der Waals surface area contributed by atoms with Crippen LogP contribution in [0.4, 0.5) is 0 Å². The number of rotatable bonds is 7. The average molecular weight is 276 g/mol. The van der Waals surface area contributed by atoms with E-state index in [1.807, 2.05) is 23.8 Å². The van der Waals surface area contributed by atoms with Crippen molar-refractivity contribution in [3.05, 3.63) is 46.4 Å². The van der Waals surface area contributed by atoms with Gasteiger partial charge in [0.15, 0.2) is 0 Å². The van der Waals surface area contributed by atoms with Gasteiger partial charge >= 0.3 is 0 Å². The molecule has 0 saturated carbocycles. The van der Waals surface area contributed by atoms with E-state index in [2.05, 4.69) is 36.3 Å². The third-order valence-electron chi connectivity index (χ3n) is 2.84. The zero-order valence-electron chi connectivity index (χ0n) is 11.4. The Morgan fingerprint density at radius 3 is 2.84 bits per heavy atom. The van der Waals surface area contributed by atoms with Gasteiger partial charge in [0.2, 0.25) is 0 Å². The quantitative estimate of drug-likeness (QED) is 0.838. The lowest BCUT2D eigenvalue weighted by Gasteiger charge is -2.20. The molecule has 102 valence electrons. The maximum absolute atomic E-state index is 5.86. The number of hydrogen-bond acceptors (Lipinski definition) is 4. The molecule has 1 heterocycles. The minimum absolute atomic E-state index is 0.158. The summed E-state index contributed by atoms with van der Waals surface area (Å²) in [5.74, 6) is 0.962. The molecular weight excluding hydrogens is 256 g/mol. The molecule has 0 spiro atoms. The van der Waals surface area contributed by atoms with Crippen molar-refractivity contribution < 1.29 is 4.74 Å². The van der Waals surface area contributed by atoms with Gasteiger partial charge in [-0.1, -0.05) is 32.0 Å². The summed E-state index contributed by atoms with van der Waals surface area (Å²) in [7, 11) is 0. The Hall–Kier alpha value is -1.39. The first-order valence-electron chi connectivity index (χ1n) is 6.70. The van der Waals surface area contributed by atoms with E-state index in [0.29, 0.717) is 0 Å². The molecule has 1 aromatic carbocycles. The molecule has 0 fully saturated rings. The predicted molar refractivity (Wildman–Crippen MR) is 79.9 cm³/mol. The number of ether oxygens (including phenoxy) is 1. The number of nitrogens with one attached hydrogen (secondary N) is 1. The largest absolute Gasteiger partial charge is 0.493 e. The van der Waals surface area contributed by atoms with Crippen LogP contribution < -0.4 is 10.1 Å². The van der Waals surface area contributed by atoms with E-state index in [-0.39, 0.29) is 6.04 Å². The van der Waals surface area contributed by atoms with Gasteiger partial charge in [0, 0.05) is 16.6 Å². The lowest BCUT2D eigenvalue weighted by Crippen LogP contribution is -2.21. The summed E-state index contributed by atoms with van der Waals surface area (Å²) in [6, 6.07) is 8.39. The summed E-state index contributed by atoms with van der Waals surface area (Å²) in [5.41, 5.74) is 3.05. The van der Waals surface area contributed by atoms with Crippen molar-refractivity contribution in [2.75, 3.05) is 13.2 Å². The first kappa shape index (κ1) is 14.0. The molecule has 19 heavy (non-hydrogen) atoms. The average Bonchev–Trinajstić information content (AvgIpc) is 2.97. The summed E-state index contributed by atoms with van der Waals surface area (Å²) < 4.78 is 5.86.